The number of aromatic nitrogens is 2. The van der Waals surface area contributed by atoms with Crippen molar-refractivity contribution in [2.45, 2.75) is 89.9 Å². The van der Waals surface area contributed by atoms with E-state index < -0.39 is 43.8 Å². The van der Waals surface area contributed by atoms with Crippen molar-refractivity contribution in [1.82, 2.24) is 30.6 Å². The zero-order chi connectivity index (χ0) is 43.3. The highest BCUT2D eigenvalue weighted by atomic mass is 31.2. The van der Waals surface area contributed by atoms with Gasteiger partial charge in [-0.05, 0) is 99.0 Å². The summed E-state index contributed by atoms with van der Waals surface area (Å²) in [6.07, 6.45) is 5.12. The van der Waals surface area contributed by atoms with Crippen LogP contribution in [0, 0.1) is 6.92 Å². The number of nitrogens with one attached hydrogen (secondary N) is 3. The van der Waals surface area contributed by atoms with E-state index in [9.17, 15) is 38.6 Å². The number of hydrogen-bond donors (Lipinski definition) is 6. The number of carbonyl (C=O) groups excluding carboxylic acids is 6. The number of nitrogens with zero attached hydrogens (tertiary/aromatic N) is 3. The quantitative estimate of drug-likeness (QED) is 0.0358. The van der Waals surface area contributed by atoms with Crippen LogP contribution in [0.1, 0.15) is 84.3 Å². The number of aromatic amines is 1. The molecule has 1 aliphatic heterocycles. The fourth-order valence-electron chi connectivity index (χ4n) is 7.29. The Morgan fingerprint density at radius 3 is 2.62 bits per heavy atom. The van der Waals surface area contributed by atoms with Crippen LogP contribution in [-0.2, 0) is 25.6 Å². The first kappa shape index (κ1) is 45.2. The Bertz CT molecular complexity index is 2130. The van der Waals surface area contributed by atoms with E-state index in [2.05, 4.69) is 20.8 Å². The van der Waals surface area contributed by atoms with E-state index >= 15 is 0 Å². The molecule has 60 heavy (non-hydrogen) atoms. The Hall–Kier alpha value is -5.84. The number of benzene rings is 2. The minimum Gasteiger partial charge on any atom is -0.491 e. The molecule has 18 nitrogen and oxygen atoms in total. The second kappa shape index (κ2) is 21.4. The van der Waals surface area contributed by atoms with Crippen molar-refractivity contribution in [1.29, 1.82) is 0 Å². The van der Waals surface area contributed by atoms with Crippen LogP contribution < -0.4 is 25.8 Å². The number of rotatable bonds is 23. The molecule has 2 aromatic carbocycles. The summed E-state index contributed by atoms with van der Waals surface area (Å²) in [4.78, 5) is 100. The van der Waals surface area contributed by atoms with Gasteiger partial charge in [0.25, 0.3) is 11.8 Å². The molecule has 5 amide bonds. The second-order valence-electron chi connectivity index (χ2n) is 14.9. The van der Waals surface area contributed by atoms with Gasteiger partial charge in [-0.15, -0.1) is 0 Å². The van der Waals surface area contributed by atoms with Gasteiger partial charge in [0.2, 0.25) is 38.0 Å². The standard InChI is InChI=1S/C41H52N7O11P/c1-25(43-39(52)34-21-30-20-29(41(54)60(55)56)9-12-33(30)45-34)22-47(27(3)50)17-15-32-11-13-35(48(32)24-49)40(53)44-31(10-14-37(42)51)23-58-36-8-4-6-28(26(36)2)7-5-18-57-38-16-19-59-46-38/h4,6,8-9,12,16,19-21,24-25,31-32,35,45,55-56H,5,7,10-11,13-15,17-18,22-23H2,1-3H3,(H2,42,51)(H,43,52)(H,44,53)/t25?,31?,32-,35?/m1/s1. The van der Waals surface area contributed by atoms with Crippen molar-refractivity contribution in [3.63, 3.8) is 0 Å². The number of likely N-dealkylation sites (tertiary alicyclic amines) is 1. The monoisotopic (exact) mass is 849 g/mol. The first-order valence-corrected chi connectivity index (χ1v) is 21.0. The summed E-state index contributed by atoms with van der Waals surface area (Å²) in [5, 5.41) is 10.1. The van der Waals surface area contributed by atoms with Crippen LogP contribution in [0.25, 0.3) is 10.9 Å². The zero-order valence-electron chi connectivity index (χ0n) is 33.8. The van der Waals surface area contributed by atoms with Crippen molar-refractivity contribution < 1.29 is 52.6 Å². The average molecular weight is 850 g/mol. The van der Waals surface area contributed by atoms with E-state index in [1.54, 1.807) is 30.0 Å². The summed E-state index contributed by atoms with van der Waals surface area (Å²) >= 11 is 0. The van der Waals surface area contributed by atoms with Crippen molar-refractivity contribution in [2.24, 2.45) is 5.73 Å². The number of nitrogens with two attached hydrogens (primary N) is 1. The molecule has 2 aromatic heterocycles. The summed E-state index contributed by atoms with van der Waals surface area (Å²) in [6.45, 7) is 6.08. The lowest BCUT2D eigenvalue weighted by Gasteiger charge is -2.30. The Morgan fingerprint density at radius 2 is 1.92 bits per heavy atom. The number of amides is 5. The lowest BCUT2D eigenvalue weighted by molar-refractivity contribution is -0.133. The van der Waals surface area contributed by atoms with Crippen LogP contribution in [0.2, 0.25) is 0 Å². The minimum atomic E-state index is -2.78. The van der Waals surface area contributed by atoms with Crippen molar-refractivity contribution in [2.75, 3.05) is 26.3 Å². The topological polar surface area (TPSA) is 260 Å². The number of H-pyrrole nitrogens is 1. The lowest BCUT2D eigenvalue weighted by atomic mass is 10.0. The number of aryl methyl sites for hydroxylation is 1. The summed E-state index contributed by atoms with van der Waals surface area (Å²) in [7, 11) is -2.78. The van der Waals surface area contributed by atoms with Crippen molar-refractivity contribution in [3.05, 3.63) is 77.2 Å². The maximum atomic E-state index is 13.7. The molecule has 1 aliphatic rings. The van der Waals surface area contributed by atoms with Gasteiger partial charge in [0.1, 0.15) is 30.4 Å². The van der Waals surface area contributed by atoms with Gasteiger partial charge in [0, 0.05) is 61.1 Å². The molecule has 0 radical (unpaired) electrons. The molecule has 322 valence electrons. The van der Waals surface area contributed by atoms with Crippen LogP contribution in [-0.4, -0.2) is 116 Å². The highest BCUT2D eigenvalue weighted by Crippen LogP contribution is 2.31. The Balaban J connectivity index is 1.12. The first-order valence-electron chi connectivity index (χ1n) is 19.7. The van der Waals surface area contributed by atoms with E-state index in [-0.39, 0.29) is 61.7 Å². The van der Waals surface area contributed by atoms with Gasteiger partial charge in [-0.25, -0.2) is 0 Å². The number of carbonyl (C=O) groups is 6. The second-order valence-corrected chi connectivity index (χ2v) is 15.8. The highest BCUT2D eigenvalue weighted by Gasteiger charge is 2.38. The molecular formula is C41H52N7O11P. The van der Waals surface area contributed by atoms with E-state index in [0.717, 1.165) is 24.0 Å². The predicted molar refractivity (Wildman–Crippen MR) is 220 cm³/mol. The third-order valence-corrected chi connectivity index (χ3v) is 11.1. The van der Waals surface area contributed by atoms with Crippen molar-refractivity contribution in [3.8, 4) is 11.6 Å². The molecule has 4 atom stereocenters. The van der Waals surface area contributed by atoms with Gasteiger partial charge >= 0.3 is 0 Å². The van der Waals surface area contributed by atoms with E-state index in [1.807, 2.05) is 25.1 Å². The van der Waals surface area contributed by atoms with Crippen LogP contribution in [0.5, 0.6) is 11.6 Å². The van der Waals surface area contributed by atoms with Crippen LogP contribution in [0.4, 0.5) is 0 Å². The fourth-order valence-corrected chi connectivity index (χ4v) is 7.66. The molecule has 3 heterocycles. The third-order valence-electron chi connectivity index (χ3n) is 10.5. The van der Waals surface area contributed by atoms with Crippen LogP contribution in [0.3, 0.4) is 0 Å². The summed E-state index contributed by atoms with van der Waals surface area (Å²) in [5.74, 6) is -0.516. The molecule has 0 saturated carbocycles. The summed E-state index contributed by atoms with van der Waals surface area (Å²) in [5.41, 5.74) is 7.56. The molecule has 0 spiro atoms. The maximum Gasteiger partial charge on any atom is 0.267 e. The van der Waals surface area contributed by atoms with Crippen molar-refractivity contribution >= 4 is 54.8 Å². The molecule has 1 saturated heterocycles. The molecule has 7 N–H and O–H groups in total. The third kappa shape index (κ3) is 12.3. The number of ether oxygens (including phenoxy) is 2. The van der Waals surface area contributed by atoms with E-state index in [4.69, 9.17) is 19.7 Å². The van der Waals surface area contributed by atoms with Gasteiger partial charge in [0.15, 0.2) is 0 Å². The smallest absolute Gasteiger partial charge is 0.267 e. The fraction of sp³-hybridized carbons (Fsp3) is 0.439. The first-order chi connectivity index (χ1) is 28.7. The average Bonchev–Trinajstić information content (AvgIpc) is 3.99. The molecule has 0 bridgehead atoms. The summed E-state index contributed by atoms with van der Waals surface area (Å²) in [6, 6.07) is 11.3. The van der Waals surface area contributed by atoms with Gasteiger partial charge in [0.05, 0.1) is 12.6 Å². The Labute approximate surface area is 348 Å². The van der Waals surface area contributed by atoms with Crippen LogP contribution in [0.15, 0.2) is 59.3 Å². The van der Waals surface area contributed by atoms with E-state index in [0.29, 0.717) is 54.8 Å². The zero-order valence-corrected chi connectivity index (χ0v) is 34.7. The maximum absolute atomic E-state index is 13.7. The normalized spacial score (nSPS) is 16.0. The summed E-state index contributed by atoms with van der Waals surface area (Å²) < 4.78 is 16.5. The lowest BCUT2D eigenvalue weighted by Crippen LogP contribution is -2.50. The largest absolute Gasteiger partial charge is 0.491 e. The molecule has 5 rings (SSSR count). The molecule has 19 heteroatoms. The van der Waals surface area contributed by atoms with Gasteiger partial charge in [-0.3, -0.25) is 28.8 Å². The molecular weight excluding hydrogens is 797 g/mol. The molecule has 0 aliphatic carbocycles. The Morgan fingerprint density at radius 1 is 1.12 bits per heavy atom. The van der Waals surface area contributed by atoms with Gasteiger partial charge in [-0.2, -0.15) is 0 Å². The Kier molecular flexibility index (Phi) is 16.2. The molecule has 4 aromatic rings. The number of fused-ring (bicyclic) bond motifs is 1. The number of primary amides is 1. The SMILES string of the molecule is CC(=O)N(CC[C@H]1CCC(C(=O)NC(CCC(N)=O)COc2cccc(CCCOc3ccon3)c2C)N1C=O)CC(C)NC(=O)c1cc2cc(C(=O)P(O)O)ccc2[nH]1. The van der Waals surface area contributed by atoms with Gasteiger partial charge < -0.3 is 54.9 Å². The van der Waals surface area contributed by atoms with Crippen LogP contribution >= 0.6 is 8.38 Å². The molecule has 1 fully saturated rings. The molecule has 3 unspecified atom stereocenters. The highest BCUT2D eigenvalue weighted by molar-refractivity contribution is 7.65. The predicted octanol–water partition coefficient (Wildman–Crippen LogP) is 3.09. The minimum absolute atomic E-state index is 0.0196. The van der Waals surface area contributed by atoms with E-state index in [1.165, 1.54) is 30.2 Å². The van der Waals surface area contributed by atoms with Gasteiger partial charge in [-0.1, -0.05) is 12.1 Å². The number of hydrogen-bond acceptors (Lipinski definition) is 12.